The molecular formula is C15H12F3N3O2. The number of halogens is 3. The van der Waals surface area contributed by atoms with E-state index in [9.17, 15) is 18.0 Å². The summed E-state index contributed by atoms with van der Waals surface area (Å²) in [6, 6.07) is 0. The van der Waals surface area contributed by atoms with E-state index in [1.807, 2.05) is 0 Å². The summed E-state index contributed by atoms with van der Waals surface area (Å²) in [5.41, 5.74) is -1.23. The Kier molecular flexibility index (Phi) is 1.67. The number of nitrogens with zero attached hydrogens (tertiary/aromatic N) is 2. The summed E-state index contributed by atoms with van der Waals surface area (Å²) in [6.45, 7) is 0. The maximum atomic E-state index is 12.5. The molecule has 0 spiro atoms. The quantitative estimate of drug-likeness (QED) is 0.856. The number of carbonyl (C=O) groups excluding carboxylic acids is 1. The van der Waals surface area contributed by atoms with E-state index in [1.165, 1.54) is 7.11 Å². The van der Waals surface area contributed by atoms with Crippen LogP contribution in [0.25, 0.3) is 0 Å². The van der Waals surface area contributed by atoms with Crippen LogP contribution in [-0.4, -0.2) is 28.6 Å². The van der Waals surface area contributed by atoms with Crippen molar-refractivity contribution in [3.05, 3.63) is 18.1 Å². The lowest BCUT2D eigenvalue weighted by molar-refractivity contribution is -0.598. The standard InChI is InChI=1S/C15H12F3N3O2/c1-23-12(22)13-6-9-7(13)11-8(13)10(6)14(9,11)21-5-3-19-4(2-20-5)15(16,17)18/h2-3,6-11H,1H3,(H,20,21). The molecule has 0 amide bonds. The van der Waals surface area contributed by atoms with E-state index < -0.39 is 11.9 Å². The molecule has 6 aliphatic carbocycles. The Labute approximate surface area is 128 Å². The first-order valence-electron chi connectivity index (χ1n) is 7.66. The predicted molar refractivity (Wildman–Crippen MR) is 68.8 cm³/mol. The molecule has 5 nitrogen and oxygen atoms in total. The fraction of sp³-hybridized carbons (Fsp3) is 0.667. The Morgan fingerprint density at radius 2 is 1.74 bits per heavy atom. The maximum absolute atomic E-state index is 12.5. The zero-order valence-electron chi connectivity index (χ0n) is 12.0. The van der Waals surface area contributed by atoms with Gasteiger partial charge < -0.3 is 10.1 Å². The molecule has 8 heteroatoms. The number of alkyl halides is 3. The van der Waals surface area contributed by atoms with Gasteiger partial charge in [-0.2, -0.15) is 13.2 Å². The van der Waals surface area contributed by atoms with Crippen LogP contribution in [0.1, 0.15) is 5.69 Å². The molecule has 0 bridgehead atoms. The second kappa shape index (κ2) is 3.06. The third-order valence-corrected chi connectivity index (χ3v) is 7.46. The molecule has 23 heavy (non-hydrogen) atoms. The van der Waals surface area contributed by atoms with E-state index in [0.29, 0.717) is 41.3 Å². The van der Waals surface area contributed by atoms with Crippen molar-refractivity contribution in [1.82, 2.24) is 9.97 Å². The molecule has 1 aromatic rings. The average molecular weight is 323 g/mol. The first-order chi connectivity index (χ1) is 10.9. The van der Waals surface area contributed by atoms with Crippen molar-refractivity contribution in [2.24, 2.45) is 40.9 Å². The normalized spacial score (nSPS) is 52.0. The minimum atomic E-state index is -4.47. The van der Waals surface area contributed by atoms with Crippen LogP contribution in [0.4, 0.5) is 19.0 Å². The summed E-state index contributed by atoms with van der Waals surface area (Å²) in [5.74, 6) is 2.89. The molecule has 6 fully saturated rings. The number of rotatable bonds is 3. The van der Waals surface area contributed by atoms with Gasteiger partial charge in [-0.15, -0.1) is 0 Å². The lowest BCUT2D eigenvalue weighted by Crippen LogP contribution is -3.15. The first-order valence-corrected chi connectivity index (χ1v) is 7.66. The Balaban J connectivity index is 1.23. The highest BCUT2D eigenvalue weighted by Crippen LogP contribution is 3.07. The molecule has 0 unspecified atom stereocenters. The van der Waals surface area contributed by atoms with Crippen molar-refractivity contribution in [2.45, 2.75) is 11.7 Å². The van der Waals surface area contributed by atoms with Crippen molar-refractivity contribution in [1.29, 1.82) is 0 Å². The van der Waals surface area contributed by atoms with Gasteiger partial charge >= 0.3 is 12.1 Å². The number of methoxy groups -OCH3 is 1. The Morgan fingerprint density at radius 3 is 2.17 bits per heavy atom. The first kappa shape index (κ1) is 12.5. The van der Waals surface area contributed by atoms with E-state index in [2.05, 4.69) is 15.3 Å². The van der Waals surface area contributed by atoms with Gasteiger partial charge in [-0.05, 0) is 35.5 Å². The summed E-state index contributed by atoms with van der Waals surface area (Å²) < 4.78 is 42.5. The predicted octanol–water partition coefficient (Wildman–Crippen LogP) is 1.57. The minimum absolute atomic E-state index is 0.0375. The van der Waals surface area contributed by atoms with E-state index in [4.69, 9.17) is 4.74 Å². The van der Waals surface area contributed by atoms with Crippen LogP contribution in [0.15, 0.2) is 12.4 Å². The fourth-order valence-electron chi connectivity index (χ4n) is 7.12. The maximum Gasteiger partial charge on any atom is 0.434 e. The Bertz CT molecular complexity index is 722. The van der Waals surface area contributed by atoms with Gasteiger partial charge in [0.2, 0.25) is 0 Å². The molecule has 120 valence electrons. The number of esters is 1. The molecule has 6 aliphatic rings. The molecule has 0 aromatic carbocycles. The number of ether oxygens (including phenoxy) is 1. The van der Waals surface area contributed by atoms with Crippen molar-refractivity contribution in [3.63, 3.8) is 0 Å². The topological polar surface area (TPSA) is 64.1 Å². The van der Waals surface area contributed by atoms with Crippen LogP contribution in [0.3, 0.4) is 0 Å². The van der Waals surface area contributed by atoms with Crippen LogP contribution < -0.4 is 5.32 Å². The number of aromatic nitrogens is 2. The molecule has 1 aromatic heterocycles. The molecule has 1 heterocycles. The van der Waals surface area contributed by atoms with Gasteiger partial charge in [-0.25, -0.2) is 9.97 Å². The molecule has 7 rings (SSSR count). The molecule has 0 atom stereocenters. The van der Waals surface area contributed by atoms with Crippen LogP contribution in [0, 0.1) is 40.9 Å². The Morgan fingerprint density at radius 1 is 1.13 bits per heavy atom. The number of anilines is 1. The monoisotopic (exact) mass is 323 g/mol. The zero-order valence-corrected chi connectivity index (χ0v) is 12.0. The number of hydrogen-bond donors (Lipinski definition) is 1. The van der Waals surface area contributed by atoms with E-state index in [1.54, 1.807) is 0 Å². The van der Waals surface area contributed by atoms with Crippen LogP contribution in [-0.2, 0) is 15.7 Å². The molecule has 0 radical (unpaired) electrons. The molecular weight excluding hydrogens is 311 g/mol. The summed E-state index contributed by atoms with van der Waals surface area (Å²) in [5, 5.41) is 3.33. The highest BCUT2D eigenvalue weighted by Gasteiger charge is 3.12. The van der Waals surface area contributed by atoms with Crippen molar-refractivity contribution in [2.75, 3.05) is 12.4 Å². The van der Waals surface area contributed by atoms with Gasteiger partial charge in [0.1, 0.15) is 5.82 Å². The molecule has 0 saturated heterocycles. The minimum Gasteiger partial charge on any atom is -0.469 e. The Hall–Kier alpha value is -1.86. The van der Waals surface area contributed by atoms with Gasteiger partial charge in [-0.1, -0.05) is 0 Å². The van der Waals surface area contributed by atoms with Gasteiger partial charge in [-0.3, -0.25) is 4.79 Å². The summed E-state index contributed by atoms with van der Waals surface area (Å²) in [7, 11) is 1.44. The van der Waals surface area contributed by atoms with Gasteiger partial charge in [0, 0.05) is 5.54 Å². The molecule has 1 N–H and O–H groups in total. The average Bonchev–Trinajstić information content (AvgIpc) is 2.54. The van der Waals surface area contributed by atoms with Crippen LogP contribution in [0.5, 0.6) is 0 Å². The smallest absolute Gasteiger partial charge is 0.434 e. The number of hydrogen-bond acceptors (Lipinski definition) is 5. The second-order valence-corrected chi connectivity index (χ2v) is 7.42. The third-order valence-electron chi connectivity index (χ3n) is 7.46. The van der Waals surface area contributed by atoms with E-state index in [0.717, 1.165) is 12.4 Å². The van der Waals surface area contributed by atoms with Crippen molar-refractivity contribution < 1.29 is 22.7 Å². The van der Waals surface area contributed by atoms with Gasteiger partial charge in [0.15, 0.2) is 5.69 Å². The highest BCUT2D eigenvalue weighted by atomic mass is 19.4. The van der Waals surface area contributed by atoms with Gasteiger partial charge in [0.25, 0.3) is 0 Å². The third kappa shape index (κ3) is 0.873. The summed E-state index contributed by atoms with van der Waals surface area (Å²) in [4.78, 5) is 19.3. The van der Waals surface area contributed by atoms with Crippen molar-refractivity contribution >= 4 is 11.8 Å². The lowest BCUT2D eigenvalue weighted by Gasteiger charge is -3.09. The van der Waals surface area contributed by atoms with Gasteiger partial charge in [0.05, 0.1) is 24.9 Å². The lowest BCUT2D eigenvalue weighted by atomic mass is 8.94. The van der Waals surface area contributed by atoms with E-state index >= 15 is 0 Å². The second-order valence-electron chi connectivity index (χ2n) is 7.42. The van der Waals surface area contributed by atoms with Crippen molar-refractivity contribution in [3.8, 4) is 0 Å². The fourth-order valence-corrected chi connectivity index (χ4v) is 7.12. The zero-order chi connectivity index (χ0) is 15.9. The van der Waals surface area contributed by atoms with Crippen LogP contribution >= 0.6 is 0 Å². The summed E-state index contributed by atoms with van der Waals surface area (Å²) >= 11 is 0. The van der Waals surface area contributed by atoms with Crippen LogP contribution in [0.2, 0.25) is 0 Å². The molecule has 0 aliphatic heterocycles. The van der Waals surface area contributed by atoms with E-state index in [-0.39, 0.29) is 16.9 Å². The largest absolute Gasteiger partial charge is 0.469 e. The summed E-state index contributed by atoms with van der Waals surface area (Å²) in [6.07, 6.45) is -2.56. The highest BCUT2D eigenvalue weighted by molar-refractivity contribution is 5.90. The SMILES string of the molecule is COC(=O)C12C3C4C1C1C2C3C41Nc1cnc(C(F)(F)F)cn1. The number of nitrogens with one attached hydrogen (secondary N) is 1. The molecule has 6 saturated carbocycles. The number of carbonyl (C=O) groups is 1.